The SMILES string of the molecule is C1CCCCCC(CCCCCNC2CCCCCCCCCC2)CCCC1. The predicted octanol–water partition coefficient (Wildman–Crippen LogP) is 8.95. The Morgan fingerprint density at radius 1 is 0.429 bits per heavy atom. The molecule has 2 saturated carbocycles. The summed E-state index contributed by atoms with van der Waals surface area (Å²) in [7, 11) is 0. The van der Waals surface area contributed by atoms with Gasteiger partial charge in [0, 0.05) is 6.04 Å². The van der Waals surface area contributed by atoms with E-state index in [4.69, 9.17) is 0 Å². The maximum atomic E-state index is 3.94. The van der Waals surface area contributed by atoms with Crippen molar-refractivity contribution in [3.63, 3.8) is 0 Å². The van der Waals surface area contributed by atoms with Crippen molar-refractivity contribution in [2.75, 3.05) is 6.54 Å². The van der Waals surface area contributed by atoms with Crippen LogP contribution in [0.5, 0.6) is 0 Å². The monoisotopic (exact) mass is 391 g/mol. The van der Waals surface area contributed by atoms with Gasteiger partial charge in [0.1, 0.15) is 0 Å². The Morgan fingerprint density at radius 3 is 1.36 bits per heavy atom. The first-order valence-corrected chi connectivity index (χ1v) is 13.7. The number of unbranched alkanes of at least 4 members (excludes halogenated alkanes) is 2. The van der Waals surface area contributed by atoms with E-state index in [2.05, 4.69) is 5.32 Å². The first-order valence-electron chi connectivity index (χ1n) is 13.7. The molecule has 2 rings (SSSR count). The zero-order valence-corrected chi connectivity index (χ0v) is 19.3. The van der Waals surface area contributed by atoms with Gasteiger partial charge < -0.3 is 5.32 Å². The summed E-state index contributed by atoms with van der Waals surface area (Å²) < 4.78 is 0. The summed E-state index contributed by atoms with van der Waals surface area (Å²) in [6.45, 7) is 1.27. The molecule has 0 bridgehead atoms. The van der Waals surface area contributed by atoms with Gasteiger partial charge in [0.05, 0.1) is 0 Å². The third-order valence-corrected chi connectivity index (χ3v) is 7.55. The Kier molecular flexibility index (Phi) is 15.4. The van der Waals surface area contributed by atoms with Crippen molar-refractivity contribution in [1.82, 2.24) is 5.32 Å². The van der Waals surface area contributed by atoms with Gasteiger partial charge in [-0.15, -0.1) is 0 Å². The maximum absolute atomic E-state index is 3.94. The summed E-state index contributed by atoms with van der Waals surface area (Å²) in [5.41, 5.74) is 0. The Bertz CT molecular complexity index is 270. The van der Waals surface area contributed by atoms with E-state index in [9.17, 15) is 0 Å². The molecule has 0 radical (unpaired) electrons. The zero-order valence-electron chi connectivity index (χ0n) is 19.3. The summed E-state index contributed by atoms with van der Waals surface area (Å²) in [5.74, 6) is 1.05. The fourth-order valence-electron chi connectivity index (χ4n) is 5.59. The van der Waals surface area contributed by atoms with Crippen LogP contribution >= 0.6 is 0 Å². The number of rotatable bonds is 7. The normalized spacial score (nSPS) is 23.6. The van der Waals surface area contributed by atoms with E-state index in [1.807, 2.05) is 0 Å². The average molecular weight is 392 g/mol. The highest BCUT2D eigenvalue weighted by Gasteiger charge is 2.11. The van der Waals surface area contributed by atoms with Crippen LogP contribution < -0.4 is 5.32 Å². The van der Waals surface area contributed by atoms with Gasteiger partial charge in [0.15, 0.2) is 0 Å². The standard InChI is InChI=1S/C27H53N/c1-2-6-10-15-21-26(20-14-9-5-1)22-16-13-19-25-28-27-23-17-11-7-3-4-8-12-18-24-27/h26-28H,1-25H2. The molecular formula is C27H53N. The summed E-state index contributed by atoms with van der Waals surface area (Å²) in [6.07, 6.45) is 35.6. The minimum atomic E-state index is 0.820. The van der Waals surface area contributed by atoms with Crippen LogP contribution in [0.2, 0.25) is 0 Å². The third-order valence-electron chi connectivity index (χ3n) is 7.55. The molecule has 166 valence electrons. The van der Waals surface area contributed by atoms with Crippen molar-refractivity contribution in [3.05, 3.63) is 0 Å². The molecule has 0 aliphatic heterocycles. The fourth-order valence-corrected chi connectivity index (χ4v) is 5.59. The van der Waals surface area contributed by atoms with Gasteiger partial charge in [-0.25, -0.2) is 0 Å². The highest BCUT2D eigenvalue weighted by Crippen LogP contribution is 2.25. The van der Waals surface area contributed by atoms with Crippen LogP contribution in [0.4, 0.5) is 0 Å². The van der Waals surface area contributed by atoms with Gasteiger partial charge in [0.2, 0.25) is 0 Å². The van der Waals surface area contributed by atoms with Crippen molar-refractivity contribution in [2.45, 2.75) is 160 Å². The largest absolute Gasteiger partial charge is 0.314 e. The van der Waals surface area contributed by atoms with Crippen LogP contribution in [0.25, 0.3) is 0 Å². The van der Waals surface area contributed by atoms with Crippen LogP contribution in [0, 0.1) is 5.92 Å². The van der Waals surface area contributed by atoms with Crippen LogP contribution in [-0.4, -0.2) is 12.6 Å². The van der Waals surface area contributed by atoms with E-state index in [1.165, 1.54) is 161 Å². The summed E-state index contributed by atoms with van der Waals surface area (Å²) in [5, 5.41) is 3.94. The fraction of sp³-hybridized carbons (Fsp3) is 1.00. The molecule has 1 nitrogen and oxygen atoms in total. The van der Waals surface area contributed by atoms with Crippen molar-refractivity contribution < 1.29 is 0 Å². The highest BCUT2D eigenvalue weighted by molar-refractivity contribution is 4.69. The number of nitrogens with one attached hydrogen (secondary N) is 1. The quantitative estimate of drug-likeness (QED) is 0.427. The lowest BCUT2D eigenvalue weighted by Crippen LogP contribution is -2.30. The maximum Gasteiger partial charge on any atom is 0.00670 e. The van der Waals surface area contributed by atoms with Gasteiger partial charge in [-0.3, -0.25) is 0 Å². The van der Waals surface area contributed by atoms with Gasteiger partial charge in [-0.1, -0.05) is 135 Å². The van der Waals surface area contributed by atoms with Crippen molar-refractivity contribution in [3.8, 4) is 0 Å². The Morgan fingerprint density at radius 2 is 0.857 bits per heavy atom. The van der Waals surface area contributed by atoms with E-state index in [0.29, 0.717) is 0 Å². The summed E-state index contributed by atoms with van der Waals surface area (Å²) >= 11 is 0. The molecule has 2 aliphatic rings. The molecule has 1 N–H and O–H groups in total. The minimum Gasteiger partial charge on any atom is -0.314 e. The molecule has 0 atom stereocenters. The molecule has 1 heteroatoms. The van der Waals surface area contributed by atoms with Gasteiger partial charge in [0.25, 0.3) is 0 Å². The lowest BCUT2D eigenvalue weighted by molar-refractivity contribution is 0.369. The zero-order chi connectivity index (χ0) is 19.5. The van der Waals surface area contributed by atoms with E-state index < -0.39 is 0 Å². The molecule has 0 aromatic carbocycles. The molecule has 2 aliphatic carbocycles. The van der Waals surface area contributed by atoms with Crippen molar-refractivity contribution >= 4 is 0 Å². The molecule has 0 aromatic rings. The van der Waals surface area contributed by atoms with E-state index in [0.717, 1.165) is 12.0 Å². The topological polar surface area (TPSA) is 12.0 Å². The Labute approximate surface area is 178 Å². The molecule has 0 heterocycles. The first kappa shape index (κ1) is 24.2. The highest BCUT2D eigenvalue weighted by atomic mass is 14.9. The van der Waals surface area contributed by atoms with Crippen LogP contribution in [0.15, 0.2) is 0 Å². The second-order valence-electron chi connectivity index (χ2n) is 10.2. The first-order chi connectivity index (χ1) is 13.9. The molecular weight excluding hydrogens is 338 g/mol. The molecule has 0 aromatic heterocycles. The van der Waals surface area contributed by atoms with Crippen molar-refractivity contribution in [1.29, 1.82) is 0 Å². The molecule has 0 unspecified atom stereocenters. The Balaban J connectivity index is 1.51. The van der Waals surface area contributed by atoms with Crippen LogP contribution in [0.1, 0.15) is 154 Å². The Hall–Kier alpha value is -0.0400. The second-order valence-corrected chi connectivity index (χ2v) is 10.2. The molecule has 0 saturated heterocycles. The van der Waals surface area contributed by atoms with Gasteiger partial charge in [-0.2, -0.15) is 0 Å². The average Bonchev–Trinajstić information content (AvgIpc) is 2.81. The molecule has 28 heavy (non-hydrogen) atoms. The van der Waals surface area contributed by atoms with E-state index >= 15 is 0 Å². The number of hydrogen-bond donors (Lipinski definition) is 1. The smallest absolute Gasteiger partial charge is 0.00670 e. The second kappa shape index (κ2) is 17.8. The molecule has 0 spiro atoms. The lowest BCUT2D eigenvalue weighted by Gasteiger charge is -2.19. The van der Waals surface area contributed by atoms with E-state index in [-0.39, 0.29) is 0 Å². The van der Waals surface area contributed by atoms with Crippen molar-refractivity contribution in [2.24, 2.45) is 5.92 Å². The molecule has 2 fully saturated rings. The minimum absolute atomic E-state index is 0.820. The van der Waals surface area contributed by atoms with Gasteiger partial charge >= 0.3 is 0 Å². The summed E-state index contributed by atoms with van der Waals surface area (Å²) in [6, 6.07) is 0.820. The predicted molar refractivity (Wildman–Crippen MR) is 126 cm³/mol. The lowest BCUT2D eigenvalue weighted by atomic mass is 9.90. The molecule has 0 amide bonds. The van der Waals surface area contributed by atoms with Crippen LogP contribution in [0.3, 0.4) is 0 Å². The van der Waals surface area contributed by atoms with Crippen LogP contribution in [-0.2, 0) is 0 Å². The van der Waals surface area contributed by atoms with Gasteiger partial charge in [-0.05, 0) is 31.7 Å². The third kappa shape index (κ3) is 13.2. The van der Waals surface area contributed by atoms with E-state index in [1.54, 1.807) is 0 Å². The summed E-state index contributed by atoms with van der Waals surface area (Å²) in [4.78, 5) is 0. The number of hydrogen-bond acceptors (Lipinski definition) is 1.